The van der Waals surface area contributed by atoms with Crippen LogP contribution in [0.15, 0.2) is 28.7 Å². The normalized spacial score (nSPS) is 13.8. The lowest BCUT2D eigenvalue weighted by molar-refractivity contribution is -0.127. The number of hydrogen-bond donors (Lipinski definition) is 1. The zero-order valence-corrected chi connectivity index (χ0v) is 12.7. The van der Waals surface area contributed by atoms with Gasteiger partial charge in [0.25, 0.3) is 5.91 Å². The third-order valence-corrected chi connectivity index (χ3v) is 3.13. The molecule has 0 aliphatic carbocycles. The zero-order valence-electron chi connectivity index (χ0n) is 11.1. The fourth-order valence-electron chi connectivity index (χ4n) is 1.64. The van der Waals surface area contributed by atoms with E-state index in [1.807, 2.05) is 31.2 Å². The van der Waals surface area contributed by atoms with E-state index >= 15 is 0 Å². The van der Waals surface area contributed by atoms with Crippen LogP contribution in [0.5, 0.6) is 5.75 Å². The number of amides is 1. The summed E-state index contributed by atoms with van der Waals surface area (Å²) in [6.45, 7) is 5.87. The number of carbonyl (C=O) groups is 1. The Morgan fingerprint density at radius 1 is 1.33 bits per heavy atom. The van der Waals surface area contributed by atoms with Gasteiger partial charge in [-0.2, -0.15) is 0 Å². The smallest absolute Gasteiger partial charge is 0.260 e. The third-order valence-electron chi connectivity index (χ3n) is 2.61. The van der Waals surface area contributed by atoms with Crippen LogP contribution < -0.4 is 10.1 Å². The van der Waals surface area contributed by atoms with Crippen molar-refractivity contribution in [2.45, 2.75) is 45.8 Å². The van der Waals surface area contributed by atoms with Crippen LogP contribution in [0.1, 0.15) is 33.6 Å². The summed E-state index contributed by atoms with van der Waals surface area (Å²) in [5.74, 6) is 0.628. The lowest BCUT2D eigenvalue weighted by atomic mass is 10.2. The van der Waals surface area contributed by atoms with E-state index in [1.165, 1.54) is 0 Å². The molecule has 0 fully saturated rings. The minimum Gasteiger partial charge on any atom is -0.481 e. The highest BCUT2D eigenvalue weighted by atomic mass is 79.9. The zero-order chi connectivity index (χ0) is 13.5. The van der Waals surface area contributed by atoms with Crippen LogP contribution in [0.25, 0.3) is 0 Å². The minimum absolute atomic E-state index is 0.0705. The highest BCUT2D eigenvalue weighted by molar-refractivity contribution is 9.10. The van der Waals surface area contributed by atoms with Gasteiger partial charge >= 0.3 is 0 Å². The SMILES string of the molecule is CCCC(C)NC(=O)C(C)Oc1ccc(Br)cc1. The summed E-state index contributed by atoms with van der Waals surface area (Å²) < 4.78 is 6.57. The molecule has 0 aliphatic rings. The molecule has 2 unspecified atom stereocenters. The van der Waals surface area contributed by atoms with Crippen molar-refractivity contribution in [3.8, 4) is 5.75 Å². The molecular formula is C14H20BrNO2. The molecule has 4 heteroatoms. The second-order valence-electron chi connectivity index (χ2n) is 4.41. The first kappa shape index (κ1) is 15.0. The standard InChI is InChI=1S/C14H20BrNO2/c1-4-5-10(2)16-14(17)11(3)18-13-8-6-12(15)7-9-13/h6-11H,4-5H2,1-3H3,(H,16,17). The number of halogens is 1. The molecule has 1 aromatic rings. The highest BCUT2D eigenvalue weighted by Crippen LogP contribution is 2.17. The molecule has 0 heterocycles. The molecular weight excluding hydrogens is 294 g/mol. The van der Waals surface area contributed by atoms with Gasteiger partial charge in [-0.25, -0.2) is 0 Å². The minimum atomic E-state index is -0.481. The van der Waals surface area contributed by atoms with Gasteiger partial charge in [0, 0.05) is 10.5 Å². The quantitative estimate of drug-likeness (QED) is 0.872. The number of ether oxygens (including phenoxy) is 1. The Morgan fingerprint density at radius 3 is 2.50 bits per heavy atom. The number of carbonyl (C=O) groups excluding carboxylic acids is 1. The molecule has 0 saturated carbocycles. The maximum atomic E-state index is 11.9. The molecule has 1 N–H and O–H groups in total. The fourth-order valence-corrected chi connectivity index (χ4v) is 1.90. The Kier molecular flexibility index (Phi) is 6.19. The Balaban J connectivity index is 2.46. The summed E-state index contributed by atoms with van der Waals surface area (Å²) >= 11 is 3.36. The van der Waals surface area contributed by atoms with Crippen LogP contribution in [-0.2, 0) is 4.79 Å². The predicted octanol–water partition coefficient (Wildman–Crippen LogP) is 3.52. The van der Waals surface area contributed by atoms with Crippen molar-refractivity contribution in [3.05, 3.63) is 28.7 Å². The molecule has 18 heavy (non-hydrogen) atoms. The van der Waals surface area contributed by atoms with Gasteiger partial charge in [-0.05, 0) is 44.5 Å². The molecule has 0 saturated heterocycles. The molecule has 3 nitrogen and oxygen atoms in total. The topological polar surface area (TPSA) is 38.3 Å². The van der Waals surface area contributed by atoms with Gasteiger partial charge < -0.3 is 10.1 Å². The second kappa shape index (κ2) is 7.41. The first-order valence-electron chi connectivity index (χ1n) is 6.25. The van der Waals surface area contributed by atoms with Crippen molar-refractivity contribution >= 4 is 21.8 Å². The molecule has 100 valence electrons. The fraction of sp³-hybridized carbons (Fsp3) is 0.500. The van der Waals surface area contributed by atoms with Gasteiger partial charge in [0.05, 0.1) is 0 Å². The molecule has 1 rings (SSSR count). The Morgan fingerprint density at radius 2 is 1.94 bits per heavy atom. The highest BCUT2D eigenvalue weighted by Gasteiger charge is 2.16. The first-order valence-corrected chi connectivity index (χ1v) is 7.04. The lowest BCUT2D eigenvalue weighted by Crippen LogP contribution is -2.41. The lowest BCUT2D eigenvalue weighted by Gasteiger charge is -2.18. The average molecular weight is 314 g/mol. The van der Waals surface area contributed by atoms with Gasteiger partial charge in [0.15, 0.2) is 6.10 Å². The third kappa shape index (κ3) is 5.08. The van der Waals surface area contributed by atoms with E-state index in [9.17, 15) is 4.79 Å². The van der Waals surface area contributed by atoms with Gasteiger partial charge in [-0.15, -0.1) is 0 Å². The van der Waals surface area contributed by atoms with Crippen molar-refractivity contribution < 1.29 is 9.53 Å². The second-order valence-corrected chi connectivity index (χ2v) is 5.33. The average Bonchev–Trinajstić information content (AvgIpc) is 2.32. The molecule has 0 aliphatic heterocycles. The maximum absolute atomic E-state index is 11.9. The summed E-state index contributed by atoms with van der Waals surface area (Å²) in [6.07, 6.45) is 1.56. The van der Waals surface area contributed by atoms with E-state index in [0.717, 1.165) is 17.3 Å². The molecule has 1 amide bonds. The van der Waals surface area contributed by atoms with Crippen LogP contribution in [0.2, 0.25) is 0 Å². The molecule has 0 spiro atoms. The summed E-state index contributed by atoms with van der Waals surface area (Å²) in [4.78, 5) is 11.9. The molecule has 0 bridgehead atoms. The van der Waals surface area contributed by atoms with Crippen molar-refractivity contribution in [2.75, 3.05) is 0 Å². The summed E-state index contributed by atoms with van der Waals surface area (Å²) in [7, 11) is 0. The summed E-state index contributed by atoms with van der Waals surface area (Å²) in [5, 5.41) is 2.94. The van der Waals surface area contributed by atoms with E-state index in [2.05, 4.69) is 28.2 Å². The Bertz CT molecular complexity index is 378. The summed E-state index contributed by atoms with van der Waals surface area (Å²) in [5.41, 5.74) is 0. The molecule has 0 radical (unpaired) electrons. The van der Waals surface area contributed by atoms with Gasteiger partial charge in [0.2, 0.25) is 0 Å². The van der Waals surface area contributed by atoms with Gasteiger partial charge in [-0.1, -0.05) is 29.3 Å². The molecule has 2 atom stereocenters. The van der Waals surface area contributed by atoms with E-state index < -0.39 is 6.10 Å². The van der Waals surface area contributed by atoms with E-state index in [0.29, 0.717) is 5.75 Å². The monoisotopic (exact) mass is 313 g/mol. The largest absolute Gasteiger partial charge is 0.481 e. The number of rotatable bonds is 6. The predicted molar refractivity (Wildman–Crippen MR) is 76.7 cm³/mol. The van der Waals surface area contributed by atoms with Crippen LogP contribution in [0, 0.1) is 0 Å². The van der Waals surface area contributed by atoms with Crippen LogP contribution >= 0.6 is 15.9 Å². The Hall–Kier alpha value is -1.03. The van der Waals surface area contributed by atoms with Crippen molar-refractivity contribution in [1.82, 2.24) is 5.32 Å². The van der Waals surface area contributed by atoms with Crippen molar-refractivity contribution in [3.63, 3.8) is 0 Å². The summed E-state index contributed by atoms with van der Waals surface area (Å²) in [6, 6.07) is 7.64. The van der Waals surface area contributed by atoms with E-state index in [1.54, 1.807) is 6.92 Å². The Labute approximate surface area is 117 Å². The van der Waals surface area contributed by atoms with Gasteiger partial charge in [-0.3, -0.25) is 4.79 Å². The number of nitrogens with one attached hydrogen (secondary N) is 1. The number of benzene rings is 1. The van der Waals surface area contributed by atoms with Gasteiger partial charge in [0.1, 0.15) is 5.75 Å². The van der Waals surface area contributed by atoms with Crippen LogP contribution in [-0.4, -0.2) is 18.1 Å². The number of hydrogen-bond acceptors (Lipinski definition) is 2. The van der Waals surface area contributed by atoms with Crippen LogP contribution in [0.3, 0.4) is 0 Å². The van der Waals surface area contributed by atoms with Crippen LogP contribution in [0.4, 0.5) is 0 Å². The first-order chi connectivity index (χ1) is 8.52. The molecule has 1 aromatic carbocycles. The van der Waals surface area contributed by atoms with E-state index in [4.69, 9.17) is 4.74 Å². The molecule has 0 aromatic heterocycles. The van der Waals surface area contributed by atoms with Crippen molar-refractivity contribution in [1.29, 1.82) is 0 Å². The van der Waals surface area contributed by atoms with Crippen molar-refractivity contribution in [2.24, 2.45) is 0 Å². The van der Waals surface area contributed by atoms with E-state index in [-0.39, 0.29) is 11.9 Å². The maximum Gasteiger partial charge on any atom is 0.260 e.